The van der Waals surface area contributed by atoms with Gasteiger partial charge in [0.15, 0.2) is 0 Å². The first-order valence-electron chi connectivity index (χ1n) is 8.20. The molecule has 1 fully saturated rings. The minimum absolute atomic E-state index is 0.0917. The minimum atomic E-state index is -0.427. The standard InChI is InChI=1S/C17H22N4O3/c1-13(17(22)18-10-16-8-5-9-23-16)21-11-14(19-20-21)12-24-15-6-3-2-4-7-15/h2-4,6-7,11,13,16H,5,8-10,12H2,1H3,(H,18,22)/t13-,16-/m1/s1. The molecule has 0 spiro atoms. The lowest BCUT2D eigenvalue weighted by Gasteiger charge is -2.14. The fourth-order valence-electron chi connectivity index (χ4n) is 2.53. The van der Waals surface area contributed by atoms with Crippen molar-refractivity contribution in [2.75, 3.05) is 13.2 Å². The number of carbonyl (C=O) groups excluding carboxylic acids is 1. The van der Waals surface area contributed by atoms with Crippen molar-refractivity contribution in [3.63, 3.8) is 0 Å². The van der Waals surface area contributed by atoms with Gasteiger partial charge < -0.3 is 14.8 Å². The predicted molar refractivity (Wildman–Crippen MR) is 87.5 cm³/mol. The summed E-state index contributed by atoms with van der Waals surface area (Å²) in [5.41, 5.74) is 0.678. The number of hydrogen-bond acceptors (Lipinski definition) is 5. The average Bonchev–Trinajstić information content (AvgIpc) is 3.30. The molecule has 128 valence electrons. The molecule has 7 nitrogen and oxygen atoms in total. The van der Waals surface area contributed by atoms with Gasteiger partial charge in [-0.05, 0) is 31.9 Å². The highest BCUT2D eigenvalue weighted by molar-refractivity contribution is 5.79. The average molecular weight is 330 g/mol. The Kier molecular flexibility index (Phi) is 5.43. The number of benzene rings is 1. The number of nitrogens with zero attached hydrogens (tertiary/aromatic N) is 3. The molecule has 1 aromatic carbocycles. The van der Waals surface area contributed by atoms with Crippen molar-refractivity contribution in [1.82, 2.24) is 20.3 Å². The Balaban J connectivity index is 1.49. The Bertz CT molecular complexity index is 653. The van der Waals surface area contributed by atoms with Crippen molar-refractivity contribution < 1.29 is 14.3 Å². The molecule has 0 radical (unpaired) electrons. The predicted octanol–water partition coefficient (Wildman–Crippen LogP) is 1.71. The number of aromatic nitrogens is 3. The van der Waals surface area contributed by atoms with Crippen molar-refractivity contribution >= 4 is 5.91 Å². The third-order valence-corrected chi connectivity index (χ3v) is 3.99. The summed E-state index contributed by atoms with van der Waals surface area (Å²) in [4.78, 5) is 12.2. The SMILES string of the molecule is C[C@H](C(=O)NC[C@H]1CCCO1)n1cc(COc2ccccc2)nn1. The number of ether oxygens (including phenoxy) is 2. The maximum absolute atomic E-state index is 12.2. The molecule has 1 saturated heterocycles. The first kappa shape index (κ1) is 16.4. The fourth-order valence-corrected chi connectivity index (χ4v) is 2.53. The van der Waals surface area contributed by atoms with Gasteiger partial charge in [-0.2, -0.15) is 0 Å². The van der Waals surface area contributed by atoms with Gasteiger partial charge in [0.25, 0.3) is 0 Å². The fraction of sp³-hybridized carbons (Fsp3) is 0.471. The van der Waals surface area contributed by atoms with E-state index in [2.05, 4.69) is 15.6 Å². The van der Waals surface area contributed by atoms with Crippen LogP contribution in [0.25, 0.3) is 0 Å². The molecule has 1 aliphatic rings. The van der Waals surface area contributed by atoms with Crippen LogP contribution in [0.1, 0.15) is 31.5 Å². The number of rotatable bonds is 7. The molecule has 1 amide bonds. The molecule has 2 atom stereocenters. The van der Waals surface area contributed by atoms with Gasteiger partial charge in [0.05, 0.1) is 12.3 Å². The third kappa shape index (κ3) is 4.32. The van der Waals surface area contributed by atoms with Crippen LogP contribution in [0.3, 0.4) is 0 Å². The van der Waals surface area contributed by atoms with Gasteiger partial charge in [-0.3, -0.25) is 4.79 Å². The second-order valence-electron chi connectivity index (χ2n) is 5.85. The highest BCUT2D eigenvalue weighted by Crippen LogP contribution is 2.13. The topological polar surface area (TPSA) is 78.3 Å². The molecular formula is C17H22N4O3. The molecule has 24 heavy (non-hydrogen) atoms. The first-order valence-corrected chi connectivity index (χ1v) is 8.20. The lowest BCUT2D eigenvalue weighted by Crippen LogP contribution is -2.36. The highest BCUT2D eigenvalue weighted by atomic mass is 16.5. The summed E-state index contributed by atoms with van der Waals surface area (Å²) >= 11 is 0. The molecule has 1 aliphatic heterocycles. The van der Waals surface area contributed by atoms with Gasteiger partial charge in [0, 0.05) is 13.2 Å². The van der Waals surface area contributed by atoms with Crippen LogP contribution in [0.15, 0.2) is 36.5 Å². The van der Waals surface area contributed by atoms with Crippen LogP contribution in [-0.2, 0) is 16.1 Å². The Morgan fingerprint density at radius 2 is 2.29 bits per heavy atom. The number of hydrogen-bond donors (Lipinski definition) is 1. The first-order chi connectivity index (χ1) is 11.7. The summed E-state index contributed by atoms with van der Waals surface area (Å²) in [6.07, 6.45) is 3.93. The Morgan fingerprint density at radius 3 is 3.04 bits per heavy atom. The highest BCUT2D eigenvalue weighted by Gasteiger charge is 2.20. The molecule has 0 aliphatic carbocycles. The number of nitrogens with one attached hydrogen (secondary N) is 1. The lowest BCUT2D eigenvalue weighted by molar-refractivity contribution is -0.124. The molecule has 0 unspecified atom stereocenters. The van der Waals surface area contributed by atoms with E-state index in [0.717, 1.165) is 25.2 Å². The molecule has 1 N–H and O–H groups in total. The number of carbonyl (C=O) groups is 1. The van der Waals surface area contributed by atoms with Gasteiger partial charge in [-0.25, -0.2) is 4.68 Å². The van der Waals surface area contributed by atoms with Crippen molar-refractivity contribution in [1.29, 1.82) is 0 Å². The molecule has 2 aromatic rings. The molecule has 0 saturated carbocycles. The summed E-state index contributed by atoms with van der Waals surface area (Å²) in [6.45, 7) is 3.43. The van der Waals surface area contributed by atoms with E-state index in [1.807, 2.05) is 30.3 Å². The number of amides is 1. The summed E-state index contributed by atoms with van der Waals surface area (Å²) in [7, 11) is 0. The van der Waals surface area contributed by atoms with Crippen LogP contribution >= 0.6 is 0 Å². The molecular weight excluding hydrogens is 308 g/mol. The van der Waals surface area contributed by atoms with Crippen LogP contribution < -0.4 is 10.1 Å². The summed E-state index contributed by atoms with van der Waals surface area (Å²) in [6, 6.07) is 9.08. The Hall–Kier alpha value is -2.41. The van der Waals surface area contributed by atoms with Gasteiger partial charge in [-0.15, -0.1) is 5.10 Å². The van der Waals surface area contributed by atoms with Gasteiger partial charge in [0.2, 0.25) is 5.91 Å². The zero-order valence-corrected chi connectivity index (χ0v) is 13.7. The summed E-state index contributed by atoms with van der Waals surface area (Å²) in [5.74, 6) is 0.681. The maximum Gasteiger partial charge on any atom is 0.244 e. The Morgan fingerprint density at radius 1 is 1.46 bits per heavy atom. The van der Waals surface area contributed by atoms with Crippen molar-refractivity contribution in [2.24, 2.45) is 0 Å². The van der Waals surface area contributed by atoms with Crippen LogP contribution in [0.2, 0.25) is 0 Å². The second-order valence-corrected chi connectivity index (χ2v) is 5.85. The zero-order chi connectivity index (χ0) is 16.8. The normalized spacial score (nSPS) is 18.3. The monoisotopic (exact) mass is 330 g/mol. The zero-order valence-electron chi connectivity index (χ0n) is 13.7. The molecule has 7 heteroatoms. The van der Waals surface area contributed by atoms with Gasteiger partial charge in [-0.1, -0.05) is 23.4 Å². The van der Waals surface area contributed by atoms with Crippen LogP contribution in [-0.4, -0.2) is 40.2 Å². The van der Waals surface area contributed by atoms with Crippen LogP contribution in [0.4, 0.5) is 0 Å². The largest absolute Gasteiger partial charge is 0.487 e. The van der Waals surface area contributed by atoms with E-state index in [1.54, 1.807) is 17.8 Å². The van der Waals surface area contributed by atoms with E-state index < -0.39 is 6.04 Å². The smallest absolute Gasteiger partial charge is 0.244 e. The van der Waals surface area contributed by atoms with Gasteiger partial charge in [0.1, 0.15) is 24.1 Å². The van der Waals surface area contributed by atoms with E-state index >= 15 is 0 Å². The molecule has 1 aromatic heterocycles. The van der Waals surface area contributed by atoms with Gasteiger partial charge >= 0.3 is 0 Å². The van der Waals surface area contributed by atoms with E-state index in [-0.39, 0.29) is 12.0 Å². The van der Waals surface area contributed by atoms with E-state index in [1.165, 1.54) is 0 Å². The van der Waals surface area contributed by atoms with Crippen LogP contribution in [0.5, 0.6) is 5.75 Å². The molecule has 3 rings (SSSR count). The van der Waals surface area contributed by atoms with Crippen molar-refractivity contribution in [2.45, 2.75) is 38.5 Å². The lowest BCUT2D eigenvalue weighted by atomic mass is 10.2. The van der Waals surface area contributed by atoms with E-state index in [4.69, 9.17) is 9.47 Å². The summed E-state index contributed by atoms with van der Waals surface area (Å²) in [5, 5.41) is 11.0. The Labute approximate surface area is 141 Å². The van der Waals surface area contributed by atoms with Crippen molar-refractivity contribution in [3.8, 4) is 5.75 Å². The number of para-hydroxylation sites is 1. The second kappa shape index (κ2) is 7.92. The quantitative estimate of drug-likeness (QED) is 0.836. The molecule has 0 bridgehead atoms. The van der Waals surface area contributed by atoms with E-state index in [0.29, 0.717) is 18.8 Å². The third-order valence-electron chi connectivity index (χ3n) is 3.99. The summed E-state index contributed by atoms with van der Waals surface area (Å²) < 4.78 is 12.7. The van der Waals surface area contributed by atoms with Crippen LogP contribution in [0, 0.1) is 0 Å². The van der Waals surface area contributed by atoms with E-state index in [9.17, 15) is 4.79 Å². The maximum atomic E-state index is 12.2. The molecule has 2 heterocycles. The minimum Gasteiger partial charge on any atom is -0.487 e. The van der Waals surface area contributed by atoms with Crippen molar-refractivity contribution in [3.05, 3.63) is 42.2 Å².